The maximum atomic E-state index is 12.3. The van der Waals surface area contributed by atoms with Gasteiger partial charge in [0.2, 0.25) is 0 Å². The van der Waals surface area contributed by atoms with E-state index in [0.717, 1.165) is 16.5 Å². The fourth-order valence-electron chi connectivity index (χ4n) is 2.90. The van der Waals surface area contributed by atoms with Gasteiger partial charge in [-0.2, -0.15) is 0 Å². The van der Waals surface area contributed by atoms with Crippen LogP contribution in [-0.2, 0) is 11.3 Å². The number of para-hydroxylation sites is 1. The van der Waals surface area contributed by atoms with Crippen LogP contribution in [-0.4, -0.2) is 17.5 Å². The number of aromatic nitrogens is 1. The Morgan fingerprint density at radius 3 is 2.55 bits per heavy atom. The summed E-state index contributed by atoms with van der Waals surface area (Å²) in [4.78, 5) is 28.1. The molecule has 0 aliphatic carbocycles. The van der Waals surface area contributed by atoms with Crippen LogP contribution in [0.4, 0.5) is 0 Å². The highest BCUT2D eigenvalue weighted by Gasteiger charge is 2.08. The molecule has 4 aromatic rings. The van der Waals surface area contributed by atoms with E-state index < -0.39 is 5.63 Å². The molecule has 0 saturated heterocycles. The summed E-state index contributed by atoms with van der Waals surface area (Å²) >= 11 is 0. The Morgan fingerprint density at radius 1 is 1.00 bits per heavy atom. The van der Waals surface area contributed by atoms with E-state index in [1.165, 1.54) is 0 Å². The van der Waals surface area contributed by atoms with E-state index in [1.807, 2.05) is 36.4 Å². The molecule has 2 aromatic carbocycles. The van der Waals surface area contributed by atoms with Gasteiger partial charge >= 0.3 is 5.63 Å². The third-order valence-electron chi connectivity index (χ3n) is 4.42. The number of carbonyl (C=O) groups excluding carboxylic acids is 1. The number of rotatable bonds is 6. The Balaban J connectivity index is 1.39. The fraction of sp³-hybridized carbons (Fsp3) is 0.0870. The molecule has 4 rings (SSSR count). The summed E-state index contributed by atoms with van der Waals surface area (Å²) in [6.07, 6.45) is 3.35. The summed E-state index contributed by atoms with van der Waals surface area (Å²) in [5.41, 5.74) is 2.32. The molecule has 144 valence electrons. The van der Waals surface area contributed by atoms with Crippen LogP contribution in [0.2, 0.25) is 0 Å². The van der Waals surface area contributed by atoms with Crippen molar-refractivity contribution in [3.05, 3.63) is 95.1 Å². The molecule has 1 amide bonds. The molecule has 6 heteroatoms. The Morgan fingerprint density at radius 2 is 1.76 bits per heavy atom. The standard InChI is InChI=1S/C23H18N2O4/c26-22(25-14-16-9-11-24-12-10-16)15-28-19-7-5-17(6-8-19)20-13-18-3-1-2-4-21(18)29-23(20)27/h1-13H,14-15H2,(H,25,26). The summed E-state index contributed by atoms with van der Waals surface area (Å²) in [6.45, 7) is 0.323. The van der Waals surface area contributed by atoms with Crippen LogP contribution in [0.1, 0.15) is 5.56 Å². The van der Waals surface area contributed by atoms with Gasteiger partial charge in [0.05, 0.1) is 5.56 Å². The first-order valence-electron chi connectivity index (χ1n) is 9.11. The lowest BCUT2D eigenvalue weighted by molar-refractivity contribution is -0.123. The molecule has 0 fully saturated rings. The largest absolute Gasteiger partial charge is 0.484 e. The van der Waals surface area contributed by atoms with Gasteiger partial charge in [0.1, 0.15) is 11.3 Å². The quantitative estimate of drug-likeness (QED) is 0.513. The Hall–Kier alpha value is -3.93. The lowest BCUT2D eigenvalue weighted by Gasteiger charge is -2.08. The second-order valence-corrected chi connectivity index (χ2v) is 6.43. The second kappa shape index (κ2) is 8.39. The zero-order valence-electron chi connectivity index (χ0n) is 15.5. The SMILES string of the molecule is O=C(COc1ccc(-c2cc3ccccc3oc2=O)cc1)NCc1ccncc1. The number of ether oxygens (including phenoxy) is 1. The van der Waals surface area contributed by atoms with Crippen LogP contribution in [0.3, 0.4) is 0 Å². The van der Waals surface area contributed by atoms with Crippen molar-refractivity contribution >= 4 is 16.9 Å². The number of nitrogens with one attached hydrogen (secondary N) is 1. The van der Waals surface area contributed by atoms with E-state index in [1.54, 1.807) is 42.7 Å². The van der Waals surface area contributed by atoms with Gasteiger partial charge in [-0.05, 0) is 47.5 Å². The third kappa shape index (κ3) is 4.50. The average Bonchev–Trinajstić information content (AvgIpc) is 2.77. The van der Waals surface area contributed by atoms with Crippen molar-refractivity contribution in [2.24, 2.45) is 0 Å². The normalized spacial score (nSPS) is 10.6. The minimum atomic E-state index is -0.396. The van der Waals surface area contributed by atoms with E-state index in [0.29, 0.717) is 23.4 Å². The Kier molecular flexibility index (Phi) is 5.33. The zero-order chi connectivity index (χ0) is 20.1. The van der Waals surface area contributed by atoms with Crippen molar-refractivity contribution in [3.8, 4) is 16.9 Å². The van der Waals surface area contributed by atoms with E-state index in [9.17, 15) is 9.59 Å². The van der Waals surface area contributed by atoms with Crippen LogP contribution in [0, 0.1) is 0 Å². The van der Waals surface area contributed by atoms with Gasteiger partial charge in [-0.15, -0.1) is 0 Å². The molecule has 6 nitrogen and oxygen atoms in total. The molecule has 1 N–H and O–H groups in total. The highest BCUT2D eigenvalue weighted by molar-refractivity contribution is 5.81. The summed E-state index contributed by atoms with van der Waals surface area (Å²) in [6, 6.07) is 19.8. The number of nitrogens with zero attached hydrogens (tertiary/aromatic N) is 1. The zero-order valence-corrected chi connectivity index (χ0v) is 15.5. The first-order valence-corrected chi connectivity index (χ1v) is 9.11. The van der Waals surface area contributed by atoms with Gasteiger partial charge in [-0.25, -0.2) is 4.79 Å². The minimum absolute atomic E-state index is 0.0947. The van der Waals surface area contributed by atoms with Gasteiger partial charge in [0.15, 0.2) is 6.61 Å². The predicted octanol–water partition coefficient (Wildman–Crippen LogP) is 3.55. The molecule has 0 aliphatic heterocycles. The third-order valence-corrected chi connectivity index (χ3v) is 4.42. The Bertz CT molecular complexity index is 1180. The van der Waals surface area contributed by atoms with Crippen molar-refractivity contribution in [1.82, 2.24) is 10.3 Å². The number of pyridine rings is 1. The number of hydrogen-bond donors (Lipinski definition) is 1. The minimum Gasteiger partial charge on any atom is -0.484 e. The number of carbonyl (C=O) groups is 1. The number of fused-ring (bicyclic) bond motifs is 1. The summed E-state index contributed by atoms with van der Waals surface area (Å²) in [5.74, 6) is 0.319. The molecule has 0 atom stereocenters. The van der Waals surface area contributed by atoms with Gasteiger partial charge in [-0.3, -0.25) is 9.78 Å². The van der Waals surface area contributed by atoms with Crippen LogP contribution in [0.5, 0.6) is 5.75 Å². The first kappa shape index (κ1) is 18.4. The van der Waals surface area contributed by atoms with Crippen molar-refractivity contribution in [2.75, 3.05) is 6.61 Å². The predicted molar refractivity (Wildman–Crippen MR) is 109 cm³/mol. The monoisotopic (exact) mass is 386 g/mol. The van der Waals surface area contributed by atoms with Crippen molar-refractivity contribution in [2.45, 2.75) is 6.54 Å². The van der Waals surface area contributed by atoms with Gasteiger partial charge in [-0.1, -0.05) is 30.3 Å². The lowest BCUT2D eigenvalue weighted by Crippen LogP contribution is -2.28. The first-order chi connectivity index (χ1) is 14.2. The highest BCUT2D eigenvalue weighted by atomic mass is 16.5. The highest BCUT2D eigenvalue weighted by Crippen LogP contribution is 2.23. The molecule has 0 bridgehead atoms. The lowest BCUT2D eigenvalue weighted by atomic mass is 10.1. The summed E-state index contributed by atoms with van der Waals surface area (Å²) in [5, 5.41) is 3.64. The number of benzene rings is 2. The van der Waals surface area contributed by atoms with Crippen LogP contribution < -0.4 is 15.7 Å². The van der Waals surface area contributed by atoms with Gasteiger partial charge in [0.25, 0.3) is 5.91 Å². The molecular formula is C23H18N2O4. The molecule has 2 heterocycles. The van der Waals surface area contributed by atoms with Gasteiger partial charge < -0.3 is 14.5 Å². The van der Waals surface area contributed by atoms with Crippen molar-refractivity contribution < 1.29 is 13.9 Å². The smallest absolute Gasteiger partial charge is 0.344 e. The van der Waals surface area contributed by atoms with Crippen LogP contribution in [0.15, 0.2) is 88.3 Å². The molecule has 2 aromatic heterocycles. The topological polar surface area (TPSA) is 81.4 Å². The van der Waals surface area contributed by atoms with E-state index in [2.05, 4.69) is 10.3 Å². The number of amides is 1. The summed E-state index contributed by atoms with van der Waals surface area (Å²) in [7, 11) is 0. The Labute approximate surface area is 166 Å². The van der Waals surface area contributed by atoms with Crippen LogP contribution in [0.25, 0.3) is 22.1 Å². The summed E-state index contributed by atoms with van der Waals surface area (Å²) < 4.78 is 10.9. The van der Waals surface area contributed by atoms with Crippen molar-refractivity contribution in [1.29, 1.82) is 0 Å². The van der Waals surface area contributed by atoms with Crippen molar-refractivity contribution in [3.63, 3.8) is 0 Å². The molecule has 0 spiro atoms. The number of hydrogen-bond acceptors (Lipinski definition) is 5. The molecular weight excluding hydrogens is 368 g/mol. The van der Waals surface area contributed by atoms with E-state index in [4.69, 9.17) is 9.15 Å². The van der Waals surface area contributed by atoms with E-state index >= 15 is 0 Å². The molecule has 0 aliphatic rings. The van der Waals surface area contributed by atoms with Gasteiger partial charge in [0, 0.05) is 24.3 Å². The maximum Gasteiger partial charge on any atom is 0.344 e. The molecule has 29 heavy (non-hydrogen) atoms. The molecule has 0 unspecified atom stereocenters. The fourth-order valence-corrected chi connectivity index (χ4v) is 2.90. The van der Waals surface area contributed by atoms with E-state index in [-0.39, 0.29) is 12.5 Å². The average molecular weight is 386 g/mol. The van der Waals surface area contributed by atoms with Crippen LogP contribution >= 0.6 is 0 Å². The molecule has 0 saturated carbocycles. The maximum absolute atomic E-state index is 12.3. The second-order valence-electron chi connectivity index (χ2n) is 6.43. The molecule has 0 radical (unpaired) electrons.